The molecule has 120 valence electrons. The van der Waals surface area contributed by atoms with Crippen molar-refractivity contribution in [3.8, 4) is 16.9 Å². The Hall–Kier alpha value is -2.19. The van der Waals surface area contributed by atoms with Crippen LogP contribution in [0.25, 0.3) is 11.1 Å². The number of ether oxygens (including phenoxy) is 1. The molecule has 0 aliphatic rings. The Kier molecular flexibility index (Phi) is 4.32. The van der Waals surface area contributed by atoms with Gasteiger partial charge in [-0.2, -0.15) is 0 Å². The fourth-order valence-electron chi connectivity index (χ4n) is 2.04. The number of benzene rings is 2. The number of halogens is 7. The van der Waals surface area contributed by atoms with Gasteiger partial charge >= 0.3 is 0 Å². The van der Waals surface area contributed by atoms with Crippen molar-refractivity contribution in [3.63, 3.8) is 0 Å². The molecule has 0 aliphatic carbocycles. The Morgan fingerprint density at radius 1 is 0.652 bits per heavy atom. The summed E-state index contributed by atoms with van der Waals surface area (Å²) in [7, 11) is 5.92. The number of rotatable bonds is 2. The number of methoxy groups -OCH3 is 1. The minimum absolute atomic E-state index is 0.720. The molecule has 0 heterocycles. The van der Waals surface area contributed by atoms with Crippen molar-refractivity contribution in [3.05, 3.63) is 46.3 Å². The average molecular weight is 334 g/mol. The fraction of sp³-hybridized carbons (Fsp3) is 0.143. The van der Waals surface area contributed by atoms with Crippen LogP contribution in [0.1, 0.15) is 5.56 Å². The van der Waals surface area contributed by atoms with Crippen LogP contribution in [0.5, 0.6) is 5.75 Å². The maximum absolute atomic E-state index is 14.2. The zero-order chi connectivity index (χ0) is 17.6. The summed E-state index contributed by atoms with van der Waals surface area (Å²) in [5.74, 6) is -14.7. The Labute approximate surface area is 127 Å². The average Bonchev–Trinajstić information content (AvgIpc) is 2.52. The molecule has 2 aromatic rings. The van der Waals surface area contributed by atoms with Gasteiger partial charge in [-0.1, -0.05) is 0 Å². The highest BCUT2D eigenvalue weighted by molar-refractivity contribution is 6.34. The van der Waals surface area contributed by atoms with E-state index < -0.39 is 68.6 Å². The van der Waals surface area contributed by atoms with Gasteiger partial charge in [-0.25, -0.2) is 30.7 Å². The van der Waals surface area contributed by atoms with Crippen LogP contribution in [0.4, 0.5) is 30.7 Å². The summed E-state index contributed by atoms with van der Waals surface area (Å²) in [6.07, 6.45) is 0. The molecule has 1 nitrogen and oxygen atoms in total. The molecular formula is C14H6BF7O. The minimum atomic E-state index is -2.11. The molecule has 0 aliphatic heterocycles. The Balaban J connectivity index is 3.03. The lowest BCUT2D eigenvalue weighted by Crippen LogP contribution is -2.19. The van der Waals surface area contributed by atoms with Gasteiger partial charge in [-0.15, -0.1) is 0 Å². The van der Waals surface area contributed by atoms with E-state index in [1.165, 1.54) is 0 Å². The van der Waals surface area contributed by atoms with Crippen LogP contribution in [0.15, 0.2) is 0 Å². The van der Waals surface area contributed by atoms with Gasteiger partial charge < -0.3 is 4.74 Å². The van der Waals surface area contributed by atoms with Gasteiger partial charge in [-0.3, -0.25) is 0 Å². The van der Waals surface area contributed by atoms with Crippen molar-refractivity contribution in [1.82, 2.24) is 0 Å². The van der Waals surface area contributed by atoms with Crippen LogP contribution in [-0.2, 0) is 0 Å². The van der Waals surface area contributed by atoms with Gasteiger partial charge in [0.15, 0.2) is 46.5 Å². The number of hydrogen-bond donors (Lipinski definition) is 0. The highest BCUT2D eigenvalue weighted by Gasteiger charge is 2.32. The summed E-state index contributed by atoms with van der Waals surface area (Å²) in [5, 5.41) is 0. The van der Waals surface area contributed by atoms with Gasteiger partial charge in [0.25, 0.3) is 0 Å². The van der Waals surface area contributed by atoms with Crippen LogP contribution < -0.4 is 10.2 Å². The third-order valence-electron chi connectivity index (χ3n) is 3.25. The van der Waals surface area contributed by atoms with E-state index in [1.807, 2.05) is 0 Å². The zero-order valence-corrected chi connectivity index (χ0v) is 11.6. The van der Waals surface area contributed by atoms with Gasteiger partial charge in [-0.05, 0) is 12.4 Å². The highest BCUT2D eigenvalue weighted by atomic mass is 19.2. The van der Waals surface area contributed by atoms with E-state index in [0.29, 0.717) is 0 Å². The van der Waals surface area contributed by atoms with Crippen molar-refractivity contribution >= 4 is 13.3 Å². The molecule has 2 radical (unpaired) electrons. The molecule has 23 heavy (non-hydrogen) atoms. The molecule has 2 rings (SSSR count). The standard InChI is InChI=1S/C14H6BF7O/c1-3-7(16)9(18)4(10(19)8(3)17)5-11(20)13(22)6(15)14(23-2)12(5)21/h1-2H3. The lowest BCUT2D eigenvalue weighted by atomic mass is 9.89. The summed E-state index contributed by atoms with van der Waals surface area (Å²) in [5.41, 5.74) is -5.54. The Bertz CT molecular complexity index is 791. The second-order valence-electron chi connectivity index (χ2n) is 4.52. The third-order valence-corrected chi connectivity index (χ3v) is 3.25. The van der Waals surface area contributed by atoms with E-state index in [-0.39, 0.29) is 0 Å². The molecular weight excluding hydrogens is 328 g/mol. The second-order valence-corrected chi connectivity index (χ2v) is 4.52. The lowest BCUT2D eigenvalue weighted by molar-refractivity contribution is 0.382. The summed E-state index contributed by atoms with van der Waals surface area (Å²) < 4.78 is 101. The van der Waals surface area contributed by atoms with E-state index in [4.69, 9.17) is 7.85 Å². The molecule has 0 spiro atoms. The van der Waals surface area contributed by atoms with E-state index in [9.17, 15) is 30.7 Å². The van der Waals surface area contributed by atoms with E-state index in [0.717, 1.165) is 14.0 Å². The molecule has 0 fully saturated rings. The Morgan fingerprint density at radius 2 is 1.04 bits per heavy atom. The predicted molar refractivity (Wildman–Crippen MR) is 68.3 cm³/mol. The van der Waals surface area contributed by atoms with E-state index in [2.05, 4.69) is 4.74 Å². The van der Waals surface area contributed by atoms with Crippen LogP contribution in [0.2, 0.25) is 0 Å². The second kappa shape index (κ2) is 5.79. The number of hydrogen-bond acceptors (Lipinski definition) is 1. The first kappa shape index (κ1) is 17.2. The maximum Gasteiger partial charge on any atom is 0.175 e. The van der Waals surface area contributed by atoms with Gasteiger partial charge in [0.05, 0.1) is 18.2 Å². The molecule has 0 aromatic heterocycles. The van der Waals surface area contributed by atoms with E-state index in [1.54, 1.807) is 0 Å². The molecule has 0 saturated heterocycles. The normalized spacial score (nSPS) is 11.0. The van der Waals surface area contributed by atoms with Crippen LogP contribution in [0.3, 0.4) is 0 Å². The van der Waals surface area contributed by atoms with Gasteiger partial charge in [0, 0.05) is 5.56 Å². The first-order chi connectivity index (χ1) is 10.6. The molecule has 0 amide bonds. The van der Waals surface area contributed by atoms with E-state index >= 15 is 0 Å². The minimum Gasteiger partial charge on any atom is -0.494 e. The lowest BCUT2D eigenvalue weighted by Gasteiger charge is -2.16. The summed E-state index contributed by atoms with van der Waals surface area (Å²) in [4.78, 5) is 0. The topological polar surface area (TPSA) is 9.23 Å². The molecule has 0 N–H and O–H groups in total. The molecule has 0 unspecified atom stereocenters. The van der Waals surface area contributed by atoms with Gasteiger partial charge in [0.2, 0.25) is 0 Å². The monoisotopic (exact) mass is 334 g/mol. The maximum atomic E-state index is 14.2. The zero-order valence-electron chi connectivity index (χ0n) is 11.6. The van der Waals surface area contributed by atoms with Crippen LogP contribution in [0, 0.1) is 47.6 Å². The summed E-state index contributed by atoms with van der Waals surface area (Å²) >= 11 is 0. The van der Waals surface area contributed by atoms with Gasteiger partial charge in [0.1, 0.15) is 7.85 Å². The largest absolute Gasteiger partial charge is 0.494 e. The first-order valence-electron chi connectivity index (χ1n) is 5.97. The molecule has 9 heteroatoms. The quantitative estimate of drug-likeness (QED) is 0.465. The first-order valence-corrected chi connectivity index (χ1v) is 5.97. The van der Waals surface area contributed by atoms with Crippen LogP contribution in [-0.4, -0.2) is 15.0 Å². The molecule has 0 saturated carbocycles. The summed E-state index contributed by atoms with van der Waals surface area (Å²) in [6.45, 7) is 0.720. The van der Waals surface area contributed by atoms with Crippen molar-refractivity contribution in [2.75, 3.05) is 7.11 Å². The smallest absolute Gasteiger partial charge is 0.175 e. The van der Waals surface area contributed by atoms with Crippen molar-refractivity contribution in [2.24, 2.45) is 0 Å². The molecule has 0 atom stereocenters. The summed E-state index contributed by atoms with van der Waals surface area (Å²) in [6, 6.07) is 0. The van der Waals surface area contributed by atoms with Crippen LogP contribution >= 0.6 is 0 Å². The third kappa shape index (κ3) is 2.34. The SMILES string of the molecule is [B]c1c(F)c(F)c(-c2c(F)c(F)c(C)c(F)c2F)c(F)c1OC. The fourth-order valence-corrected chi connectivity index (χ4v) is 2.04. The van der Waals surface area contributed by atoms with Crippen molar-refractivity contribution < 1.29 is 35.5 Å². The highest BCUT2D eigenvalue weighted by Crippen LogP contribution is 2.37. The van der Waals surface area contributed by atoms with Crippen molar-refractivity contribution in [2.45, 2.75) is 6.92 Å². The Morgan fingerprint density at radius 3 is 1.48 bits per heavy atom. The van der Waals surface area contributed by atoms with Crippen molar-refractivity contribution in [1.29, 1.82) is 0 Å². The predicted octanol–water partition coefficient (Wildman–Crippen LogP) is 3.44. The molecule has 2 aromatic carbocycles. The molecule has 0 bridgehead atoms.